The van der Waals surface area contributed by atoms with Gasteiger partial charge in [0.2, 0.25) is 11.8 Å². The number of rotatable bonds is 4. The lowest BCUT2D eigenvalue weighted by atomic mass is 9.87. The summed E-state index contributed by atoms with van der Waals surface area (Å²) in [5.41, 5.74) is 5.00. The standard InChI is InChI=1S/C23H27N3O2/c1-15-11-16(2)13-18(12-15)22(27)26(6)14-20-24-25-21(28-20)17-7-9-19(10-8-17)23(3,4)5/h7-13H,14H2,1-6H3. The second-order valence-corrected chi connectivity index (χ2v) is 8.37. The quantitative estimate of drug-likeness (QED) is 0.647. The third-order valence-electron chi connectivity index (χ3n) is 4.65. The summed E-state index contributed by atoms with van der Waals surface area (Å²) in [4.78, 5) is 14.3. The van der Waals surface area contributed by atoms with E-state index in [0.29, 0.717) is 17.3 Å². The maximum absolute atomic E-state index is 12.7. The van der Waals surface area contributed by atoms with Gasteiger partial charge in [-0.3, -0.25) is 4.79 Å². The highest BCUT2D eigenvalue weighted by Crippen LogP contribution is 2.25. The highest BCUT2D eigenvalue weighted by atomic mass is 16.4. The molecule has 5 nitrogen and oxygen atoms in total. The van der Waals surface area contributed by atoms with Crippen LogP contribution in [0.3, 0.4) is 0 Å². The van der Waals surface area contributed by atoms with Crippen LogP contribution in [0, 0.1) is 13.8 Å². The van der Waals surface area contributed by atoms with Crippen LogP contribution >= 0.6 is 0 Å². The first-order chi connectivity index (χ1) is 13.1. The largest absolute Gasteiger partial charge is 0.419 e. The second kappa shape index (κ2) is 7.58. The van der Waals surface area contributed by atoms with Gasteiger partial charge in [0.05, 0.1) is 6.54 Å². The maximum Gasteiger partial charge on any atom is 0.254 e. The summed E-state index contributed by atoms with van der Waals surface area (Å²) >= 11 is 0. The fraction of sp³-hybridized carbons (Fsp3) is 0.348. The number of hydrogen-bond donors (Lipinski definition) is 0. The molecule has 1 amide bonds. The summed E-state index contributed by atoms with van der Waals surface area (Å²) in [6.45, 7) is 10.8. The molecule has 0 saturated heterocycles. The van der Waals surface area contributed by atoms with Crippen LogP contribution < -0.4 is 0 Å². The number of nitrogens with zero attached hydrogens (tertiary/aromatic N) is 3. The molecule has 0 aliphatic carbocycles. The smallest absolute Gasteiger partial charge is 0.254 e. The molecule has 5 heteroatoms. The Morgan fingerprint density at radius 3 is 2.18 bits per heavy atom. The molecule has 1 heterocycles. The van der Waals surface area contributed by atoms with Gasteiger partial charge in [-0.2, -0.15) is 0 Å². The topological polar surface area (TPSA) is 59.2 Å². The summed E-state index contributed by atoms with van der Waals surface area (Å²) in [6.07, 6.45) is 0. The number of aryl methyl sites for hydroxylation is 2. The van der Waals surface area contributed by atoms with Crippen LogP contribution in [-0.4, -0.2) is 28.1 Å². The summed E-state index contributed by atoms with van der Waals surface area (Å²) in [5, 5.41) is 8.24. The molecular weight excluding hydrogens is 350 g/mol. The van der Waals surface area contributed by atoms with Crippen LogP contribution in [-0.2, 0) is 12.0 Å². The van der Waals surface area contributed by atoms with E-state index in [2.05, 4.69) is 43.1 Å². The van der Waals surface area contributed by atoms with Gasteiger partial charge in [0.15, 0.2) is 0 Å². The number of hydrogen-bond acceptors (Lipinski definition) is 4. The number of benzene rings is 2. The lowest BCUT2D eigenvalue weighted by Crippen LogP contribution is -2.26. The number of amides is 1. The summed E-state index contributed by atoms with van der Waals surface area (Å²) in [6, 6.07) is 14.0. The molecule has 0 aliphatic heterocycles. The van der Waals surface area contributed by atoms with Crippen molar-refractivity contribution < 1.29 is 9.21 Å². The summed E-state index contributed by atoms with van der Waals surface area (Å²) in [5.74, 6) is 0.805. The van der Waals surface area contributed by atoms with Crippen molar-refractivity contribution in [2.75, 3.05) is 7.05 Å². The fourth-order valence-electron chi connectivity index (χ4n) is 3.14. The first-order valence-electron chi connectivity index (χ1n) is 9.40. The molecule has 0 radical (unpaired) electrons. The number of carbonyl (C=O) groups is 1. The minimum absolute atomic E-state index is 0.0684. The highest BCUT2D eigenvalue weighted by Gasteiger charge is 2.18. The molecule has 2 aromatic carbocycles. The molecule has 3 rings (SSSR count). The van der Waals surface area contributed by atoms with Gasteiger partial charge < -0.3 is 9.32 Å². The van der Waals surface area contributed by atoms with E-state index < -0.39 is 0 Å². The Hall–Kier alpha value is -2.95. The lowest BCUT2D eigenvalue weighted by Gasteiger charge is -2.18. The first kappa shape index (κ1) is 19.8. The number of aromatic nitrogens is 2. The molecule has 3 aromatic rings. The maximum atomic E-state index is 12.7. The molecule has 0 aliphatic rings. The molecule has 1 aromatic heterocycles. The van der Waals surface area contributed by atoms with E-state index in [-0.39, 0.29) is 17.9 Å². The van der Waals surface area contributed by atoms with Gasteiger partial charge >= 0.3 is 0 Å². The molecule has 0 atom stereocenters. The van der Waals surface area contributed by atoms with Crippen molar-refractivity contribution in [3.05, 3.63) is 70.6 Å². The van der Waals surface area contributed by atoms with E-state index in [4.69, 9.17) is 4.42 Å². The van der Waals surface area contributed by atoms with Crippen molar-refractivity contribution in [2.24, 2.45) is 0 Å². The normalized spacial score (nSPS) is 11.5. The van der Waals surface area contributed by atoms with Crippen molar-refractivity contribution in [3.63, 3.8) is 0 Å². The Morgan fingerprint density at radius 1 is 1.00 bits per heavy atom. The molecule has 28 heavy (non-hydrogen) atoms. The molecule has 0 unspecified atom stereocenters. The lowest BCUT2D eigenvalue weighted by molar-refractivity contribution is 0.0773. The third-order valence-corrected chi connectivity index (χ3v) is 4.65. The molecular formula is C23H27N3O2. The van der Waals surface area contributed by atoms with Gasteiger partial charge in [-0.15, -0.1) is 10.2 Å². The fourth-order valence-corrected chi connectivity index (χ4v) is 3.14. The summed E-state index contributed by atoms with van der Waals surface area (Å²) in [7, 11) is 1.74. The van der Waals surface area contributed by atoms with Crippen molar-refractivity contribution in [3.8, 4) is 11.5 Å². The van der Waals surface area contributed by atoms with Crippen LogP contribution in [0.25, 0.3) is 11.5 Å². The molecule has 0 N–H and O–H groups in total. The third kappa shape index (κ3) is 4.47. The van der Waals surface area contributed by atoms with Crippen LogP contribution in [0.2, 0.25) is 0 Å². The second-order valence-electron chi connectivity index (χ2n) is 8.37. The first-order valence-corrected chi connectivity index (χ1v) is 9.40. The van der Waals surface area contributed by atoms with Gasteiger partial charge in [0.1, 0.15) is 0 Å². The summed E-state index contributed by atoms with van der Waals surface area (Å²) < 4.78 is 5.78. The van der Waals surface area contributed by atoms with E-state index >= 15 is 0 Å². The predicted molar refractivity (Wildman–Crippen MR) is 110 cm³/mol. The SMILES string of the molecule is Cc1cc(C)cc(C(=O)N(C)Cc2nnc(-c3ccc(C(C)(C)C)cc3)o2)c1. The molecule has 0 saturated carbocycles. The van der Waals surface area contributed by atoms with Gasteiger partial charge in [-0.25, -0.2) is 0 Å². The highest BCUT2D eigenvalue weighted by molar-refractivity contribution is 5.94. The van der Waals surface area contributed by atoms with Crippen LogP contribution in [0.4, 0.5) is 0 Å². The predicted octanol–water partition coefficient (Wildman–Crippen LogP) is 4.92. The Morgan fingerprint density at radius 2 is 1.61 bits per heavy atom. The van der Waals surface area contributed by atoms with Crippen molar-refractivity contribution >= 4 is 5.91 Å². The average molecular weight is 377 g/mol. The van der Waals surface area contributed by atoms with Gasteiger partial charge in [-0.1, -0.05) is 50.1 Å². The Balaban J connectivity index is 1.72. The van der Waals surface area contributed by atoms with Crippen LogP contribution in [0.15, 0.2) is 46.9 Å². The van der Waals surface area contributed by atoms with Crippen molar-refractivity contribution in [1.82, 2.24) is 15.1 Å². The Labute approximate surface area is 166 Å². The molecule has 0 fully saturated rings. The Kier molecular flexibility index (Phi) is 5.36. The minimum Gasteiger partial charge on any atom is -0.419 e. The van der Waals surface area contributed by atoms with E-state index in [1.54, 1.807) is 11.9 Å². The zero-order chi connectivity index (χ0) is 20.5. The number of carbonyl (C=O) groups excluding carboxylic acids is 1. The van der Waals surface area contributed by atoms with Crippen molar-refractivity contribution in [2.45, 2.75) is 46.6 Å². The Bertz CT molecular complexity index is 962. The van der Waals surface area contributed by atoms with Gasteiger partial charge in [0, 0.05) is 18.2 Å². The van der Waals surface area contributed by atoms with E-state index in [1.165, 1.54) is 5.56 Å². The van der Waals surface area contributed by atoms with Crippen molar-refractivity contribution in [1.29, 1.82) is 0 Å². The van der Waals surface area contributed by atoms with E-state index in [9.17, 15) is 4.79 Å². The van der Waals surface area contributed by atoms with Gasteiger partial charge in [0.25, 0.3) is 5.91 Å². The van der Waals surface area contributed by atoms with Crippen LogP contribution in [0.1, 0.15) is 53.7 Å². The van der Waals surface area contributed by atoms with Crippen LogP contribution in [0.5, 0.6) is 0 Å². The van der Waals surface area contributed by atoms with E-state index in [0.717, 1.165) is 16.7 Å². The minimum atomic E-state index is -0.0684. The zero-order valence-corrected chi connectivity index (χ0v) is 17.4. The monoisotopic (exact) mass is 377 g/mol. The molecule has 0 bridgehead atoms. The van der Waals surface area contributed by atoms with Gasteiger partial charge in [-0.05, 0) is 49.1 Å². The molecule has 146 valence electrons. The van der Waals surface area contributed by atoms with E-state index in [1.807, 2.05) is 44.2 Å². The zero-order valence-electron chi connectivity index (χ0n) is 17.4. The average Bonchev–Trinajstić information content (AvgIpc) is 3.08. The molecule has 0 spiro atoms.